The normalized spacial score (nSPS) is 11.1. The van der Waals surface area contributed by atoms with Gasteiger partial charge in [0.05, 0.1) is 21.7 Å². The molecule has 0 fully saturated rings. The van der Waals surface area contributed by atoms with E-state index in [1.54, 1.807) is 0 Å². The third-order valence-corrected chi connectivity index (χ3v) is 4.07. The van der Waals surface area contributed by atoms with Crippen molar-refractivity contribution in [1.82, 2.24) is 9.55 Å². The molecule has 1 heterocycles. The molecule has 2 nitrogen and oxygen atoms in total. The number of hydrogen-bond acceptors (Lipinski definition) is 1. The number of aromatic nitrogens is 2. The van der Waals surface area contributed by atoms with Gasteiger partial charge in [-0.25, -0.2) is 0 Å². The van der Waals surface area contributed by atoms with E-state index in [0.717, 1.165) is 26.8 Å². The Morgan fingerprint density at radius 2 is 2.00 bits per heavy atom. The van der Waals surface area contributed by atoms with Crippen LogP contribution in [0.2, 0.25) is 5.02 Å². The fourth-order valence-electron chi connectivity index (χ4n) is 2.11. The van der Waals surface area contributed by atoms with Gasteiger partial charge in [-0.3, -0.25) is 4.57 Å². The highest BCUT2D eigenvalue weighted by Crippen LogP contribution is 2.27. The van der Waals surface area contributed by atoms with Crippen molar-refractivity contribution >= 4 is 50.8 Å². The number of rotatable bonds is 1. The standard InChI is InChI=1S/C14H10BrClN2S/c1-8-2-5-12(10(16)6-8)18-13-7-9(15)3-4-11(13)17-14(18)19/h2-7H,1H3,(H,17,19). The van der Waals surface area contributed by atoms with E-state index < -0.39 is 0 Å². The summed E-state index contributed by atoms with van der Waals surface area (Å²) in [6.45, 7) is 2.01. The number of H-pyrrole nitrogens is 1. The van der Waals surface area contributed by atoms with E-state index in [0.29, 0.717) is 9.79 Å². The first kappa shape index (κ1) is 12.9. The van der Waals surface area contributed by atoms with Gasteiger partial charge in [-0.05, 0) is 55.0 Å². The monoisotopic (exact) mass is 352 g/mol. The summed E-state index contributed by atoms with van der Waals surface area (Å²) in [5.74, 6) is 0. The number of halogens is 2. The lowest BCUT2D eigenvalue weighted by molar-refractivity contribution is 1.06. The number of nitrogens with one attached hydrogen (secondary N) is 1. The number of nitrogens with zero attached hydrogens (tertiary/aromatic N) is 1. The maximum Gasteiger partial charge on any atom is 0.182 e. The van der Waals surface area contributed by atoms with Crippen LogP contribution in [0.3, 0.4) is 0 Å². The molecule has 0 aliphatic carbocycles. The smallest absolute Gasteiger partial charge is 0.182 e. The summed E-state index contributed by atoms with van der Waals surface area (Å²) in [5.41, 5.74) is 4.01. The maximum absolute atomic E-state index is 6.34. The Morgan fingerprint density at radius 3 is 2.74 bits per heavy atom. The molecule has 0 aliphatic rings. The zero-order valence-corrected chi connectivity index (χ0v) is 13.2. The molecule has 1 aromatic heterocycles. The van der Waals surface area contributed by atoms with Crippen molar-refractivity contribution in [2.24, 2.45) is 0 Å². The van der Waals surface area contributed by atoms with Gasteiger partial charge in [0.1, 0.15) is 0 Å². The first-order valence-corrected chi connectivity index (χ1v) is 7.31. The summed E-state index contributed by atoms with van der Waals surface area (Å²) >= 11 is 15.2. The molecule has 0 atom stereocenters. The summed E-state index contributed by atoms with van der Waals surface area (Å²) in [6, 6.07) is 12.0. The van der Waals surface area contributed by atoms with Crippen molar-refractivity contribution in [3.63, 3.8) is 0 Å². The van der Waals surface area contributed by atoms with Crippen LogP contribution in [0.15, 0.2) is 40.9 Å². The van der Waals surface area contributed by atoms with Crippen molar-refractivity contribution < 1.29 is 0 Å². The molecule has 3 aromatic rings. The zero-order chi connectivity index (χ0) is 13.6. The first-order valence-electron chi connectivity index (χ1n) is 5.73. The largest absolute Gasteiger partial charge is 0.330 e. The van der Waals surface area contributed by atoms with E-state index >= 15 is 0 Å². The van der Waals surface area contributed by atoms with Crippen LogP contribution in [0.25, 0.3) is 16.7 Å². The van der Waals surface area contributed by atoms with Crippen LogP contribution < -0.4 is 0 Å². The Kier molecular flexibility index (Phi) is 3.25. The van der Waals surface area contributed by atoms with Crippen molar-refractivity contribution in [1.29, 1.82) is 0 Å². The molecular weight excluding hydrogens is 344 g/mol. The lowest BCUT2D eigenvalue weighted by Gasteiger charge is -2.08. The van der Waals surface area contributed by atoms with Gasteiger partial charge in [0.15, 0.2) is 4.77 Å². The summed E-state index contributed by atoms with van der Waals surface area (Å²) in [7, 11) is 0. The number of benzene rings is 2. The van der Waals surface area contributed by atoms with Gasteiger partial charge in [-0.2, -0.15) is 0 Å². The van der Waals surface area contributed by atoms with Gasteiger partial charge in [0.2, 0.25) is 0 Å². The van der Waals surface area contributed by atoms with E-state index in [2.05, 4.69) is 20.9 Å². The summed E-state index contributed by atoms with van der Waals surface area (Å²) < 4.78 is 3.60. The zero-order valence-electron chi connectivity index (χ0n) is 10.1. The molecule has 5 heteroatoms. The topological polar surface area (TPSA) is 20.7 Å². The van der Waals surface area contributed by atoms with Crippen molar-refractivity contribution in [3.8, 4) is 5.69 Å². The first-order chi connectivity index (χ1) is 9.06. The second-order valence-corrected chi connectivity index (χ2v) is 6.09. The van der Waals surface area contributed by atoms with Gasteiger partial charge in [-0.15, -0.1) is 0 Å². The molecule has 0 bridgehead atoms. The minimum Gasteiger partial charge on any atom is -0.330 e. The molecule has 0 aliphatic heterocycles. The highest BCUT2D eigenvalue weighted by Gasteiger charge is 2.10. The van der Waals surface area contributed by atoms with Gasteiger partial charge in [-0.1, -0.05) is 33.6 Å². The number of aromatic amines is 1. The highest BCUT2D eigenvalue weighted by atomic mass is 79.9. The van der Waals surface area contributed by atoms with Crippen LogP contribution in [0.1, 0.15) is 5.56 Å². The molecule has 0 saturated carbocycles. The third kappa shape index (κ3) is 2.24. The summed E-state index contributed by atoms with van der Waals surface area (Å²) in [4.78, 5) is 3.19. The predicted octanol–water partition coefficient (Wildman–Crippen LogP) is 5.41. The quantitative estimate of drug-likeness (QED) is 0.580. The van der Waals surface area contributed by atoms with E-state index in [-0.39, 0.29) is 0 Å². The lowest BCUT2D eigenvalue weighted by Crippen LogP contribution is -1.95. The van der Waals surface area contributed by atoms with Crippen LogP contribution >= 0.6 is 39.7 Å². The fourth-order valence-corrected chi connectivity index (χ4v) is 3.08. The molecule has 3 rings (SSSR count). The molecule has 0 spiro atoms. The van der Waals surface area contributed by atoms with Crippen molar-refractivity contribution in [2.45, 2.75) is 6.92 Å². The van der Waals surface area contributed by atoms with Crippen molar-refractivity contribution in [2.75, 3.05) is 0 Å². The van der Waals surface area contributed by atoms with E-state index in [1.807, 2.05) is 47.9 Å². The lowest BCUT2D eigenvalue weighted by atomic mass is 10.2. The maximum atomic E-state index is 6.34. The van der Waals surface area contributed by atoms with Gasteiger partial charge >= 0.3 is 0 Å². The van der Waals surface area contributed by atoms with Crippen LogP contribution in [0.4, 0.5) is 0 Å². The minimum atomic E-state index is 0.638. The average molecular weight is 354 g/mol. The van der Waals surface area contributed by atoms with Crippen LogP contribution in [-0.2, 0) is 0 Å². The Bertz CT molecular complexity index is 835. The van der Waals surface area contributed by atoms with E-state index in [1.165, 1.54) is 0 Å². The molecule has 96 valence electrons. The third-order valence-electron chi connectivity index (χ3n) is 2.99. The summed E-state index contributed by atoms with van der Waals surface area (Å²) in [5, 5.41) is 0.692. The molecule has 1 N–H and O–H groups in total. The molecular formula is C14H10BrClN2S. The number of imidazole rings is 1. The molecule has 0 unspecified atom stereocenters. The fraction of sp³-hybridized carbons (Fsp3) is 0.0714. The Morgan fingerprint density at radius 1 is 1.21 bits per heavy atom. The second-order valence-electron chi connectivity index (χ2n) is 4.38. The second kappa shape index (κ2) is 4.78. The molecule has 2 aromatic carbocycles. The Hall–Kier alpha value is -1.10. The molecule has 0 saturated heterocycles. The molecule has 0 radical (unpaired) electrons. The SMILES string of the molecule is Cc1ccc(-n2c(=S)[nH]c3ccc(Br)cc32)c(Cl)c1. The van der Waals surface area contributed by atoms with E-state index in [4.69, 9.17) is 23.8 Å². The number of aryl methyl sites for hydroxylation is 1. The average Bonchev–Trinajstić information content (AvgIpc) is 2.65. The van der Waals surface area contributed by atoms with E-state index in [9.17, 15) is 0 Å². The van der Waals surface area contributed by atoms with Gasteiger partial charge in [0, 0.05) is 4.47 Å². The van der Waals surface area contributed by atoms with Crippen molar-refractivity contribution in [3.05, 3.63) is 56.2 Å². The van der Waals surface area contributed by atoms with Gasteiger partial charge in [0.25, 0.3) is 0 Å². The Labute approximate surface area is 129 Å². The molecule has 0 amide bonds. The Balaban J connectivity index is 2.38. The summed E-state index contributed by atoms with van der Waals surface area (Å²) in [6.07, 6.45) is 0. The predicted molar refractivity (Wildman–Crippen MR) is 85.9 cm³/mol. The van der Waals surface area contributed by atoms with Crippen LogP contribution in [-0.4, -0.2) is 9.55 Å². The van der Waals surface area contributed by atoms with Gasteiger partial charge < -0.3 is 4.98 Å². The number of fused-ring (bicyclic) bond motifs is 1. The van der Waals surface area contributed by atoms with Crippen LogP contribution in [0.5, 0.6) is 0 Å². The number of hydrogen-bond donors (Lipinski definition) is 1. The molecule has 19 heavy (non-hydrogen) atoms. The van der Waals surface area contributed by atoms with Crippen LogP contribution in [0, 0.1) is 11.7 Å². The minimum absolute atomic E-state index is 0.638. The highest BCUT2D eigenvalue weighted by molar-refractivity contribution is 9.10.